The fourth-order valence-corrected chi connectivity index (χ4v) is 4.45. The summed E-state index contributed by atoms with van der Waals surface area (Å²) in [5.74, 6) is -0.350. The molecule has 3 aromatic rings. The van der Waals surface area contributed by atoms with E-state index in [2.05, 4.69) is 0 Å². The predicted octanol–water partition coefficient (Wildman–Crippen LogP) is 5.95. The van der Waals surface area contributed by atoms with Crippen molar-refractivity contribution < 1.29 is 24.2 Å². The van der Waals surface area contributed by atoms with Crippen molar-refractivity contribution in [2.45, 2.75) is 45.9 Å². The van der Waals surface area contributed by atoms with Gasteiger partial charge in [-0.05, 0) is 93.9 Å². The van der Waals surface area contributed by atoms with E-state index in [4.69, 9.17) is 9.47 Å². The van der Waals surface area contributed by atoms with Gasteiger partial charge in [-0.15, -0.1) is 0 Å². The number of carbonyl (C=O) groups excluding carboxylic acids is 2. The van der Waals surface area contributed by atoms with Crippen molar-refractivity contribution in [1.29, 1.82) is 0 Å². The molecule has 0 aliphatic carbocycles. The maximum Gasteiger partial charge on any atom is 0.300 e. The van der Waals surface area contributed by atoms with Crippen molar-refractivity contribution in [3.63, 3.8) is 0 Å². The Kier molecular flexibility index (Phi) is 7.76. The molecule has 1 amide bonds. The molecule has 0 aromatic heterocycles. The number of amides is 1. The average Bonchev–Trinajstić information content (AvgIpc) is 3.14. The number of aliphatic hydroxyl groups is 1. The predicted molar refractivity (Wildman–Crippen MR) is 150 cm³/mol. The van der Waals surface area contributed by atoms with E-state index in [-0.39, 0.29) is 23.5 Å². The van der Waals surface area contributed by atoms with Gasteiger partial charge in [-0.1, -0.05) is 12.1 Å². The molecule has 0 bridgehead atoms. The molecule has 38 heavy (non-hydrogen) atoms. The lowest BCUT2D eigenvalue weighted by Gasteiger charge is -2.26. The zero-order valence-corrected chi connectivity index (χ0v) is 22.6. The highest BCUT2D eigenvalue weighted by atomic mass is 16.5. The van der Waals surface area contributed by atoms with Gasteiger partial charge >= 0.3 is 0 Å². The molecule has 1 saturated heterocycles. The first-order valence-corrected chi connectivity index (χ1v) is 12.7. The molecule has 1 aliphatic heterocycles. The topological polar surface area (TPSA) is 79.3 Å². The minimum Gasteiger partial charge on any atom is -0.507 e. The first kappa shape index (κ1) is 26.8. The summed E-state index contributed by atoms with van der Waals surface area (Å²) in [6.07, 6.45) is 0.00523. The molecule has 4 rings (SSSR count). The molecule has 7 heteroatoms. The molecule has 1 atom stereocenters. The van der Waals surface area contributed by atoms with Crippen LogP contribution in [-0.2, 0) is 9.59 Å². The lowest BCUT2D eigenvalue weighted by Crippen LogP contribution is -2.29. The Bertz CT molecular complexity index is 1320. The van der Waals surface area contributed by atoms with Gasteiger partial charge in [-0.25, -0.2) is 0 Å². The van der Waals surface area contributed by atoms with Crippen LogP contribution in [0, 0.1) is 0 Å². The molecule has 198 valence electrons. The monoisotopic (exact) mass is 514 g/mol. The largest absolute Gasteiger partial charge is 0.507 e. The van der Waals surface area contributed by atoms with E-state index in [0.29, 0.717) is 28.3 Å². The van der Waals surface area contributed by atoms with E-state index in [1.165, 1.54) is 4.90 Å². The highest BCUT2D eigenvalue weighted by Gasteiger charge is 2.47. The second-order valence-electron chi connectivity index (χ2n) is 10.0. The Morgan fingerprint density at radius 1 is 0.789 bits per heavy atom. The SMILES string of the molecule is CC(C)Oc1ccc(/C(O)=C2\C(=O)C(=O)N(c3ccc(N(C)C)cc3)C2c2ccc(OC(C)C)cc2)cc1. The zero-order valence-electron chi connectivity index (χ0n) is 22.6. The molecule has 0 radical (unpaired) electrons. The summed E-state index contributed by atoms with van der Waals surface area (Å²) in [6.45, 7) is 7.74. The van der Waals surface area contributed by atoms with Gasteiger partial charge in [-0.3, -0.25) is 14.5 Å². The van der Waals surface area contributed by atoms with Crippen molar-refractivity contribution in [2.75, 3.05) is 23.9 Å². The maximum absolute atomic E-state index is 13.4. The number of Topliss-reactive ketones (excluding diaryl/α,β-unsaturated/α-hetero) is 1. The fourth-order valence-electron chi connectivity index (χ4n) is 4.45. The summed E-state index contributed by atoms with van der Waals surface area (Å²) in [5, 5.41) is 11.4. The van der Waals surface area contributed by atoms with Crippen molar-refractivity contribution in [2.24, 2.45) is 0 Å². The van der Waals surface area contributed by atoms with Crippen LogP contribution >= 0.6 is 0 Å². The molecule has 1 N–H and O–H groups in total. The van der Waals surface area contributed by atoms with Crippen LogP contribution in [0.25, 0.3) is 5.76 Å². The van der Waals surface area contributed by atoms with Crippen LogP contribution in [0.5, 0.6) is 11.5 Å². The summed E-state index contributed by atoms with van der Waals surface area (Å²) < 4.78 is 11.5. The molecule has 1 heterocycles. The molecule has 1 fully saturated rings. The van der Waals surface area contributed by atoms with E-state index < -0.39 is 17.7 Å². The van der Waals surface area contributed by atoms with Gasteiger partial charge in [0.1, 0.15) is 17.3 Å². The Morgan fingerprint density at radius 3 is 1.76 bits per heavy atom. The third-order valence-electron chi connectivity index (χ3n) is 6.16. The maximum atomic E-state index is 13.4. The Hall–Kier alpha value is -4.26. The summed E-state index contributed by atoms with van der Waals surface area (Å²) in [7, 11) is 3.86. The number of carbonyl (C=O) groups is 2. The van der Waals surface area contributed by atoms with Crippen molar-refractivity contribution in [1.82, 2.24) is 0 Å². The molecule has 1 unspecified atom stereocenters. The number of ether oxygens (including phenoxy) is 2. The second-order valence-corrected chi connectivity index (χ2v) is 10.0. The second kappa shape index (κ2) is 11.0. The van der Waals surface area contributed by atoms with Gasteiger partial charge in [0.05, 0.1) is 23.8 Å². The molecule has 7 nitrogen and oxygen atoms in total. The minimum atomic E-state index is -0.820. The van der Waals surface area contributed by atoms with Gasteiger partial charge in [0.2, 0.25) is 0 Å². The van der Waals surface area contributed by atoms with Crippen molar-refractivity contribution >= 4 is 28.8 Å². The number of hydrogen-bond acceptors (Lipinski definition) is 6. The third kappa shape index (κ3) is 5.52. The molecular formula is C31H34N2O5. The fraction of sp³-hybridized carbons (Fsp3) is 0.290. The van der Waals surface area contributed by atoms with Crippen LogP contribution in [-0.4, -0.2) is 43.1 Å². The quantitative estimate of drug-likeness (QED) is 0.227. The average molecular weight is 515 g/mol. The number of ketones is 1. The first-order chi connectivity index (χ1) is 18.1. The zero-order chi connectivity index (χ0) is 27.6. The number of rotatable bonds is 8. The summed E-state index contributed by atoms with van der Waals surface area (Å²) >= 11 is 0. The number of benzene rings is 3. The highest BCUT2D eigenvalue weighted by molar-refractivity contribution is 6.51. The van der Waals surface area contributed by atoms with Crippen LogP contribution in [0.1, 0.15) is 44.9 Å². The number of anilines is 2. The first-order valence-electron chi connectivity index (χ1n) is 12.7. The number of aliphatic hydroxyl groups excluding tert-OH is 1. The van der Waals surface area contributed by atoms with Crippen LogP contribution in [0.4, 0.5) is 11.4 Å². The Labute approximate surface area is 223 Å². The summed E-state index contributed by atoms with van der Waals surface area (Å²) in [4.78, 5) is 30.2. The van der Waals surface area contributed by atoms with E-state index in [9.17, 15) is 14.7 Å². The van der Waals surface area contributed by atoms with Gasteiger partial charge in [0.25, 0.3) is 11.7 Å². The Morgan fingerprint density at radius 2 is 1.29 bits per heavy atom. The van der Waals surface area contributed by atoms with Crippen LogP contribution in [0.15, 0.2) is 78.4 Å². The normalized spacial score (nSPS) is 16.8. The van der Waals surface area contributed by atoms with Crippen molar-refractivity contribution in [3.05, 3.63) is 89.5 Å². The molecule has 3 aromatic carbocycles. The van der Waals surface area contributed by atoms with Crippen LogP contribution < -0.4 is 19.3 Å². The van der Waals surface area contributed by atoms with Crippen LogP contribution in [0.2, 0.25) is 0 Å². The molecule has 1 aliphatic rings. The molecule has 0 saturated carbocycles. The lowest BCUT2D eigenvalue weighted by atomic mass is 9.95. The van der Waals surface area contributed by atoms with Crippen LogP contribution in [0.3, 0.4) is 0 Å². The van der Waals surface area contributed by atoms with E-state index in [1.807, 2.05) is 95.2 Å². The number of nitrogens with zero attached hydrogens (tertiary/aromatic N) is 2. The smallest absolute Gasteiger partial charge is 0.300 e. The lowest BCUT2D eigenvalue weighted by molar-refractivity contribution is -0.132. The third-order valence-corrected chi connectivity index (χ3v) is 6.16. The minimum absolute atomic E-state index is 0.00121. The highest BCUT2D eigenvalue weighted by Crippen LogP contribution is 2.43. The van der Waals surface area contributed by atoms with Gasteiger partial charge in [-0.2, -0.15) is 0 Å². The van der Waals surface area contributed by atoms with E-state index in [0.717, 1.165) is 5.69 Å². The van der Waals surface area contributed by atoms with Gasteiger partial charge in [0, 0.05) is 31.0 Å². The standard InChI is InChI=1S/C31H34N2O5/c1-19(2)37-25-15-7-21(8-16-25)28-27(29(34)22-9-17-26(18-10-22)38-20(3)4)30(35)31(36)33(28)24-13-11-23(12-14-24)32(5)6/h7-20,28,34H,1-6H3/b29-27+. The number of hydrogen-bond donors (Lipinski definition) is 1. The van der Waals surface area contributed by atoms with Crippen molar-refractivity contribution in [3.8, 4) is 11.5 Å². The molecular weight excluding hydrogens is 480 g/mol. The molecule has 0 spiro atoms. The summed E-state index contributed by atoms with van der Waals surface area (Å²) in [5.41, 5.74) is 2.65. The van der Waals surface area contributed by atoms with Gasteiger partial charge < -0.3 is 19.5 Å². The van der Waals surface area contributed by atoms with E-state index >= 15 is 0 Å². The summed E-state index contributed by atoms with van der Waals surface area (Å²) in [6, 6.07) is 20.7. The Balaban J connectivity index is 1.83. The van der Waals surface area contributed by atoms with Gasteiger partial charge in [0.15, 0.2) is 0 Å². The van der Waals surface area contributed by atoms with E-state index in [1.54, 1.807) is 24.3 Å².